The summed E-state index contributed by atoms with van der Waals surface area (Å²) in [5.74, 6) is 0.109. The number of benzene rings is 1. The van der Waals surface area contributed by atoms with Crippen molar-refractivity contribution in [2.45, 2.75) is 19.8 Å². The summed E-state index contributed by atoms with van der Waals surface area (Å²) in [6, 6.07) is 8.45. The monoisotopic (exact) mass is 372 g/mol. The molecule has 0 aliphatic carbocycles. The number of ether oxygens (including phenoxy) is 2. The van der Waals surface area contributed by atoms with E-state index in [2.05, 4.69) is 9.97 Å². The molecule has 1 aromatic carbocycles. The van der Waals surface area contributed by atoms with Crippen LogP contribution in [0.4, 0.5) is 0 Å². The Morgan fingerprint density at radius 1 is 1.23 bits per heavy atom. The number of aromatic nitrogens is 2. The normalized spacial score (nSPS) is 10.7. The summed E-state index contributed by atoms with van der Waals surface area (Å²) in [6.07, 6.45) is 4.86. The zero-order valence-corrected chi connectivity index (χ0v) is 14.9. The van der Waals surface area contributed by atoms with Crippen molar-refractivity contribution in [2.24, 2.45) is 0 Å². The Bertz CT molecular complexity index is 932. The minimum atomic E-state index is -0.699. The summed E-state index contributed by atoms with van der Waals surface area (Å²) in [5.41, 5.74) is -0.195. The van der Waals surface area contributed by atoms with Crippen LogP contribution in [0.15, 0.2) is 42.7 Å². The van der Waals surface area contributed by atoms with E-state index in [1.54, 1.807) is 42.7 Å². The molecule has 2 heterocycles. The summed E-state index contributed by atoms with van der Waals surface area (Å²) in [7, 11) is 0. The first kappa shape index (κ1) is 17.9. The van der Waals surface area contributed by atoms with Gasteiger partial charge in [-0.2, -0.15) is 0 Å². The van der Waals surface area contributed by atoms with E-state index in [1.165, 1.54) is 0 Å². The molecule has 134 valence electrons. The van der Waals surface area contributed by atoms with E-state index in [9.17, 15) is 9.90 Å². The van der Waals surface area contributed by atoms with Crippen LogP contribution in [0, 0.1) is 0 Å². The lowest BCUT2D eigenvalue weighted by Gasteiger charge is -2.11. The molecule has 0 aliphatic rings. The van der Waals surface area contributed by atoms with Crippen LogP contribution in [0.2, 0.25) is 5.15 Å². The maximum absolute atomic E-state index is 12.1. The van der Waals surface area contributed by atoms with Crippen molar-refractivity contribution in [3.8, 4) is 17.2 Å². The number of fused-ring (bicyclic) bond motifs is 1. The van der Waals surface area contributed by atoms with Crippen LogP contribution in [0.25, 0.3) is 10.8 Å². The summed E-state index contributed by atoms with van der Waals surface area (Å²) in [4.78, 5) is 20.1. The Hall–Kier alpha value is -2.86. The number of aromatic hydroxyl groups is 1. The molecule has 2 aromatic heterocycles. The zero-order valence-electron chi connectivity index (χ0n) is 14.1. The SMILES string of the molecule is CCCCOC(=O)c1nc(Cl)c2cc(Oc3cccnc3)ccc2c1O. The fourth-order valence-electron chi connectivity index (χ4n) is 2.37. The maximum Gasteiger partial charge on any atom is 0.360 e. The third kappa shape index (κ3) is 3.86. The first-order valence-electron chi connectivity index (χ1n) is 8.17. The van der Waals surface area contributed by atoms with Crippen molar-refractivity contribution in [2.75, 3.05) is 6.61 Å². The summed E-state index contributed by atoms with van der Waals surface area (Å²) < 4.78 is 10.8. The van der Waals surface area contributed by atoms with E-state index in [0.717, 1.165) is 12.8 Å². The van der Waals surface area contributed by atoms with Gasteiger partial charge in [0.25, 0.3) is 0 Å². The zero-order chi connectivity index (χ0) is 18.5. The number of hydrogen-bond acceptors (Lipinski definition) is 6. The van der Waals surface area contributed by atoms with Crippen molar-refractivity contribution in [3.05, 3.63) is 53.6 Å². The predicted molar refractivity (Wildman–Crippen MR) is 97.9 cm³/mol. The molecule has 0 amide bonds. The van der Waals surface area contributed by atoms with Crippen LogP contribution in [-0.2, 0) is 4.74 Å². The molecular weight excluding hydrogens is 356 g/mol. The number of unbranched alkanes of at least 4 members (excludes halogenated alkanes) is 1. The summed E-state index contributed by atoms with van der Waals surface area (Å²) in [6.45, 7) is 2.26. The van der Waals surface area contributed by atoms with E-state index in [1.807, 2.05) is 6.92 Å². The molecule has 26 heavy (non-hydrogen) atoms. The van der Waals surface area contributed by atoms with Gasteiger partial charge in [-0.1, -0.05) is 24.9 Å². The van der Waals surface area contributed by atoms with E-state index in [-0.39, 0.29) is 23.2 Å². The van der Waals surface area contributed by atoms with E-state index in [0.29, 0.717) is 22.3 Å². The maximum atomic E-state index is 12.1. The van der Waals surface area contributed by atoms with Crippen LogP contribution in [-0.4, -0.2) is 27.7 Å². The average molecular weight is 373 g/mol. The highest BCUT2D eigenvalue weighted by molar-refractivity contribution is 6.35. The molecule has 3 aromatic rings. The Labute approximate surface area is 155 Å². The highest BCUT2D eigenvalue weighted by atomic mass is 35.5. The third-order valence-corrected chi connectivity index (χ3v) is 3.99. The first-order chi connectivity index (χ1) is 12.6. The predicted octanol–water partition coefficient (Wildman–Crippen LogP) is 4.74. The van der Waals surface area contributed by atoms with Crippen LogP contribution >= 0.6 is 11.6 Å². The standard InChI is InChI=1S/C19H17ClN2O4/c1-2-3-9-25-19(24)16-17(23)14-7-6-12(10-15(14)18(20)22-16)26-13-5-4-8-21-11-13/h4-8,10-11,23H,2-3,9H2,1H3. The van der Waals surface area contributed by atoms with Gasteiger partial charge in [-0.3, -0.25) is 4.98 Å². The molecule has 0 atom stereocenters. The minimum absolute atomic E-state index is 0.0804. The van der Waals surface area contributed by atoms with Crippen LogP contribution in [0.1, 0.15) is 30.3 Å². The largest absolute Gasteiger partial charge is 0.505 e. The van der Waals surface area contributed by atoms with Gasteiger partial charge in [0, 0.05) is 17.0 Å². The molecule has 0 aliphatic heterocycles. The number of pyridine rings is 2. The third-order valence-electron chi connectivity index (χ3n) is 3.70. The van der Waals surface area contributed by atoms with Crippen LogP contribution in [0.3, 0.4) is 0 Å². The number of halogens is 1. The molecular formula is C19H17ClN2O4. The summed E-state index contributed by atoms with van der Waals surface area (Å²) in [5, 5.41) is 11.4. The number of carbonyl (C=O) groups excluding carboxylic acids is 1. The Balaban J connectivity index is 1.92. The van der Waals surface area contributed by atoms with E-state index in [4.69, 9.17) is 21.1 Å². The van der Waals surface area contributed by atoms with Gasteiger partial charge in [0.05, 0.1) is 12.8 Å². The molecule has 0 bridgehead atoms. The highest BCUT2D eigenvalue weighted by Gasteiger charge is 2.20. The smallest absolute Gasteiger partial charge is 0.360 e. The Morgan fingerprint density at radius 3 is 2.81 bits per heavy atom. The number of nitrogens with zero attached hydrogens (tertiary/aromatic N) is 2. The van der Waals surface area contributed by atoms with Gasteiger partial charge in [-0.15, -0.1) is 0 Å². The van der Waals surface area contributed by atoms with Crippen molar-refractivity contribution >= 4 is 28.3 Å². The van der Waals surface area contributed by atoms with Gasteiger partial charge in [0.2, 0.25) is 0 Å². The number of esters is 1. The molecule has 0 saturated heterocycles. The molecule has 0 fully saturated rings. The summed E-state index contributed by atoms with van der Waals surface area (Å²) >= 11 is 6.22. The van der Waals surface area contributed by atoms with Crippen molar-refractivity contribution in [1.29, 1.82) is 0 Å². The van der Waals surface area contributed by atoms with Gasteiger partial charge in [-0.05, 0) is 36.8 Å². The fraction of sp³-hybridized carbons (Fsp3) is 0.211. The minimum Gasteiger partial charge on any atom is -0.505 e. The van der Waals surface area contributed by atoms with E-state index < -0.39 is 5.97 Å². The number of hydrogen-bond donors (Lipinski definition) is 1. The fourth-order valence-corrected chi connectivity index (χ4v) is 2.61. The van der Waals surface area contributed by atoms with Gasteiger partial charge < -0.3 is 14.6 Å². The van der Waals surface area contributed by atoms with Gasteiger partial charge in [0.1, 0.15) is 16.7 Å². The van der Waals surface area contributed by atoms with Gasteiger partial charge in [-0.25, -0.2) is 9.78 Å². The average Bonchev–Trinajstić information content (AvgIpc) is 2.65. The van der Waals surface area contributed by atoms with Crippen LogP contribution < -0.4 is 4.74 Å². The van der Waals surface area contributed by atoms with Crippen molar-refractivity contribution in [1.82, 2.24) is 9.97 Å². The lowest BCUT2D eigenvalue weighted by Crippen LogP contribution is -2.09. The van der Waals surface area contributed by atoms with E-state index >= 15 is 0 Å². The molecule has 0 radical (unpaired) electrons. The molecule has 3 rings (SSSR count). The molecule has 7 heteroatoms. The highest BCUT2D eigenvalue weighted by Crippen LogP contribution is 2.35. The second-order valence-electron chi connectivity index (χ2n) is 5.59. The van der Waals surface area contributed by atoms with Gasteiger partial charge in [0.15, 0.2) is 11.4 Å². The quantitative estimate of drug-likeness (QED) is 0.382. The molecule has 6 nitrogen and oxygen atoms in total. The van der Waals surface area contributed by atoms with Crippen molar-refractivity contribution < 1.29 is 19.4 Å². The molecule has 0 unspecified atom stereocenters. The number of rotatable bonds is 6. The van der Waals surface area contributed by atoms with Crippen molar-refractivity contribution in [3.63, 3.8) is 0 Å². The second kappa shape index (κ2) is 8.01. The Kier molecular flexibility index (Phi) is 5.53. The number of carbonyl (C=O) groups is 1. The van der Waals surface area contributed by atoms with Gasteiger partial charge >= 0.3 is 5.97 Å². The molecule has 1 N–H and O–H groups in total. The first-order valence-corrected chi connectivity index (χ1v) is 8.55. The van der Waals surface area contributed by atoms with Crippen LogP contribution in [0.5, 0.6) is 17.2 Å². The Morgan fingerprint density at radius 2 is 2.08 bits per heavy atom. The molecule has 0 saturated carbocycles. The lowest BCUT2D eigenvalue weighted by atomic mass is 10.1. The second-order valence-corrected chi connectivity index (χ2v) is 5.95. The molecule has 0 spiro atoms. The topological polar surface area (TPSA) is 81.5 Å². The lowest BCUT2D eigenvalue weighted by molar-refractivity contribution is 0.0489.